The van der Waals surface area contributed by atoms with Gasteiger partial charge in [-0.05, 0) is 40.7 Å². The number of thioether (sulfide) groups is 1. The van der Waals surface area contributed by atoms with Gasteiger partial charge >= 0.3 is 0 Å². The van der Waals surface area contributed by atoms with Crippen LogP contribution in [-0.4, -0.2) is 10.2 Å². The smallest absolute Gasteiger partial charge is 0.219 e. The molecule has 2 aromatic carbocycles. The van der Waals surface area contributed by atoms with Gasteiger partial charge in [-0.2, -0.15) is 0 Å². The van der Waals surface area contributed by atoms with Gasteiger partial charge in [-0.25, -0.2) is 0 Å². The van der Waals surface area contributed by atoms with Gasteiger partial charge in [0.1, 0.15) is 5.75 Å². The van der Waals surface area contributed by atoms with E-state index in [1.165, 1.54) is 11.8 Å². The number of hydrogen-bond donors (Lipinski definition) is 1. The normalized spacial score (nSPS) is 12.3. The molecule has 26 heavy (non-hydrogen) atoms. The summed E-state index contributed by atoms with van der Waals surface area (Å²) in [5, 5.41) is 11.5. The highest BCUT2D eigenvalue weighted by Crippen LogP contribution is 2.40. The summed E-state index contributed by atoms with van der Waals surface area (Å²) in [6, 6.07) is 11.2. The Morgan fingerprint density at radius 2 is 1.42 bits per heavy atom. The molecule has 0 aromatic heterocycles. The fourth-order valence-corrected chi connectivity index (χ4v) is 3.61. The standard InChI is InChI=1S/C22H27ClO2S/c1-21(2,3)17-11-15(12-18(19(17)24)22(4,5)6)20(25)26-13-14-7-9-16(23)10-8-14/h7-12,24H,13H2,1-6H3. The lowest BCUT2D eigenvalue weighted by Crippen LogP contribution is -2.18. The second-order valence-electron chi connectivity index (χ2n) is 8.62. The van der Waals surface area contributed by atoms with Crippen molar-refractivity contribution in [3.05, 3.63) is 63.7 Å². The zero-order valence-corrected chi connectivity index (χ0v) is 17.9. The number of rotatable bonds is 3. The molecule has 1 N–H and O–H groups in total. The fraction of sp³-hybridized carbons (Fsp3) is 0.409. The van der Waals surface area contributed by atoms with Crippen LogP contribution in [0.5, 0.6) is 5.75 Å². The van der Waals surface area contributed by atoms with Crippen LogP contribution in [0, 0.1) is 0 Å². The molecule has 0 bridgehead atoms. The van der Waals surface area contributed by atoms with Crippen molar-refractivity contribution in [1.29, 1.82) is 0 Å². The average Bonchev–Trinajstić information content (AvgIpc) is 2.52. The van der Waals surface area contributed by atoms with Gasteiger partial charge in [0.15, 0.2) is 0 Å². The maximum atomic E-state index is 12.8. The van der Waals surface area contributed by atoms with Crippen LogP contribution in [0.3, 0.4) is 0 Å². The van der Waals surface area contributed by atoms with E-state index >= 15 is 0 Å². The number of benzene rings is 2. The molecule has 2 nitrogen and oxygen atoms in total. The Bertz CT molecular complexity index is 761. The first-order valence-electron chi connectivity index (χ1n) is 8.69. The second kappa shape index (κ2) is 7.66. The first kappa shape index (κ1) is 20.9. The molecule has 0 amide bonds. The number of phenolic OH excluding ortho intramolecular Hbond substituents is 1. The summed E-state index contributed by atoms with van der Waals surface area (Å²) in [4.78, 5) is 12.8. The van der Waals surface area contributed by atoms with Crippen molar-refractivity contribution in [1.82, 2.24) is 0 Å². The highest BCUT2D eigenvalue weighted by Gasteiger charge is 2.27. The van der Waals surface area contributed by atoms with Crippen LogP contribution in [-0.2, 0) is 16.6 Å². The minimum atomic E-state index is -0.249. The van der Waals surface area contributed by atoms with E-state index < -0.39 is 0 Å². The number of halogens is 1. The summed E-state index contributed by atoms with van der Waals surface area (Å²) in [6.45, 7) is 12.3. The molecule has 0 atom stereocenters. The largest absolute Gasteiger partial charge is 0.507 e. The van der Waals surface area contributed by atoms with Gasteiger partial charge in [0.25, 0.3) is 0 Å². The predicted molar refractivity (Wildman–Crippen MR) is 113 cm³/mol. The number of aromatic hydroxyl groups is 1. The molecule has 0 heterocycles. The Hall–Kier alpha value is -1.45. The zero-order chi connectivity index (χ0) is 19.7. The number of carbonyl (C=O) groups excluding carboxylic acids is 1. The van der Waals surface area contributed by atoms with E-state index in [1.54, 1.807) is 0 Å². The minimum Gasteiger partial charge on any atom is -0.507 e. The molecule has 0 saturated heterocycles. The van der Waals surface area contributed by atoms with Gasteiger partial charge in [0.05, 0.1) is 0 Å². The van der Waals surface area contributed by atoms with E-state index in [9.17, 15) is 9.90 Å². The van der Waals surface area contributed by atoms with Gasteiger partial charge in [-0.3, -0.25) is 4.79 Å². The third-order valence-corrected chi connectivity index (χ3v) is 5.47. The van der Waals surface area contributed by atoms with Crippen molar-refractivity contribution in [2.45, 2.75) is 58.1 Å². The van der Waals surface area contributed by atoms with Crippen LogP contribution in [0.1, 0.15) is 68.6 Å². The Labute approximate surface area is 166 Å². The summed E-state index contributed by atoms with van der Waals surface area (Å²) < 4.78 is 0. The maximum absolute atomic E-state index is 12.8. The molecule has 140 valence electrons. The van der Waals surface area contributed by atoms with Crippen LogP contribution in [0.4, 0.5) is 0 Å². The molecule has 0 radical (unpaired) electrons. The third-order valence-electron chi connectivity index (χ3n) is 4.24. The lowest BCUT2D eigenvalue weighted by Gasteiger charge is -2.28. The van der Waals surface area contributed by atoms with Crippen LogP contribution < -0.4 is 0 Å². The monoisotopic (exact) mass is 390 g/mol. The third kappa shape index (κ3) is 5.05. The maximum Gasteiger partial charge on any atom is 0.219 e. The van der Waals surface area contributed by atoms with E-state index in [-0.39, 0.29) is 15.9 Å². The first-order valence-corrected chi connectivity index (χ1v) is 10.1. The first-order chi connectivity index (χ1) is 11.9. The van der Waals surface area contributed by atoms with Crippen molar-refractivity contribution in [2.75, 3.05) is 0 Å². The Morgan fingerprint density at radius 1 is 0.962 bits per heavy atom. The topological polar surface area (TPSA) is 37.3 Å². The quantitative estimate of drug-likeness (QED) is 0.632. The van der Waals surface area contributed by atoms with Crippen LogP contribution in [0.15, 0.2) is 36.4 Å². The summed E-state index contributed by atoms with van der Waals surface area (Å²) >= 11 is 7.18. The van der Waals surface area contributed by atoms with Crippen LogP contribution in [0.25, 0.3) is 0 Å². The SMILES string of the molecule is CC(C)(C)c1cc(C(=O)SCc2ccc(Cl)cc2)cc(C(C)(C)C)c1O. The van der Waals surface area contributed by atoms with Gasteiger partial charge in [0, 0.05) is 27.5 Å². The van der Waals surface area contributed by atoms with Crippen molar-refractivity contribution in [3.8, 4) is 5.75 Å². The molecule has 2 aromatic rings. The summed E-state index contributed by atoms with van der Waals surface area (Å²) in [5.74, 6) is 0.885. The molecule has 0 fully saturated rings. The van der Waals surface area contributed by atoms with E-state index in [2.05, 4.69) is 0 Å². The van der Waals surface area contributed by atoms with Gasteiger partial charge in [-0.15, -0.1) is 0 Å². The van der Waals surface area contributed by atoms with Gasteiger partial charge in [0.2, 0.25) is 5.12 Å². The fourth-order valence-electron chi connectivity index (χ4n) is 2.71. The predicted octanol–water partition coefficient (Wildman–Crippen LogP) is 6.71. The molecular formula is C22H27ClO2S. The van der Waals surface area contributed by atoms with Crippen molar-refractivity contribution < 1.29 is 9.90 Å². The summed E-state index contributed by atoms with van der Waals surface area (Å²) in [7, 11) is 0. The zero-order valence-electron chi connectivity index (χ0n) is 16.3. The highest BCUT2D eigenvalue weighted by molar-refractivity contribution is 8.13. The Kier molecular flexibility index (Phi) is 6.14. The molecule has 0 unspecified atom stereocenters. The minimum absolute atomic E-state index is 0.0101. The van der Waals surface area contributed by atoms with Gasteiger partial charge in [-0.1, -0.05) is 77.0 Å². The van der Waals surface area contributed by atoms with Crippen molar-refractivity contribution in [3.63, 3.8) is 0 Å². The Morgan fingerprint density at radius 3 is 1.85 bits per heavy atom. The second-order valence-corrected chi connectivity index (χ2v) is 10.0. The Balaban J connectivity index is 2.35. The number of phenols is 1. The molecule has 0 spiro atoms. The van der Waals surface area contributed by atoms with Crippen molar-refractivity contribution in [2.24, 2.45) is 0 Å². The highest BCUT2D eigenvalue weighted by atomic mass is 35.5. The molecule has 2 rings (SSSR count). The van der Waals surface area contributed by atoms with Crippen LogP contribution in [0.2, 0.25) is 5.02 Å². The lowest BCUT2D eigenvalue weighted by atomic mass is 9.78. The molecule has 0 aliphatic heterocycles. The van der Waals surface area contributed by atoms with Crippen molar-refractivity contribution >= 4 is 28.5 Å². The molecule has 0 saturated carbocycles. The van der Waals surface area contributed by atoms with Gasteiger partial charge < -0.3 is 5.11 Å². The lowest BCUT2D eigenvalue weighted by molar-refractivity contribution is 0.108. The van der Waals surface area contributed by atoms with E-state index in [4.69, 9.17) is 11.6 Å². The van der Waals surface area contributed by atoms with E-state index in [0.29, 0.717) is 22.1 Å². The number of carbonyl (C=O) groups is 1. The molecule has 4 heteroatoms. The summed E-state index contributed by atoms with van der Waals surface area (Å²) in [6.07, 6.45) is 0. The summed E-state index contributed by atoms with van der Waals surface area (Å²) in [5.41, 5.74) is 2.80. The van der Waals surface area contributed by atoms with E-state index in [0.717, 1.165) is 16.7 Å². The number of hydrogen-bond acceptors (Lipinski definition) is 3. The molecule has 0 aliphatic carbocycles. The average molecular weight is 391 g/mol. The van der Waals surface area contributed by atoms with Crippen LogP contribution >= 0.6 is 23.4 Å². The molecule has 0 aliphatic rings. The van der Waals surface area contributed by atoms with E-state index in [1.807, 2.05) is 77.9 Å². The molecular weight excluding hydrogens is 364 g/mol.